The molecule has 3 N–H and O–H groups in total. The highest BCUT2D eigenvalue weighted by Crippen LogP contribution is 2.32. The molecule has 2 aliphatic rings. The molecule has 8 nitrogen and oxygen atoms in total. The van der Waals surface area contributed by atoms with Gasteiger partial charge >= 0.3 is 0 Å². The molecule has 0 radical (unpaired) electrons. The van der Waals surface area contributed by atoms with Crippen molar-refractivity contribution in [1.29, 1.82) is 0 Å². The van der Waals surface area contributed by atoms with Gasteiger partial charge in [-0.05, 0) is 49.5 Å². The van der Waals surface area contributed by atoms with E-state index in [1.54, 1.807) is 35.8 Å². The molecule has 1 aliphatic carbocycles. The summed E-state index contributed by atoms with van der Waals surface area (Å²) in [6, 6.07) is 4.68. The molecule has 5 rings (SSSR count). The summed E-state index contributed by atoms with van der Waals surface area (Å²) >= 11 is 6.22. The highest BCUT2D eigenvalue weighted by Gasteiger charge is 2.25. The molecule has 0 atom stereocenters. The van der Waals surface area contributed by atoms with Crippen molar-refractivity contribution in [2.75, 3.05) is 17.2 Å². The number of aromatic nitrogens is 3. The quantitative estimate of drug-likeness (QED) is 0.386. The Hall–Kier alpha value is -3.46. The maximum Gasteiger partial charge on any atom is 0.254 e. The first-order valence-corrected chi connectivity index (χ1v) is 10.7. The third kappa shape index (κ3) is 4.03. The van der Waals surface area contributed by atoms with Crippen LogP contribution in [0.4, 0.5) is 21.7 Å². The molecule has 32 heavy (non-hydrogen) atoms. The van der Waals surface area contributed by atoms with Gasteiger partial charge in [0.1, 0.15) is 17.5 Å². The molecule has 2 aromatic heterocycles. The number of rotatable bonds is 6. The third-order valence-electron chi connectivity index (χ3n) is 5.50. The van der Waals surface area contributed by atoms with Crippen molar-refractivity contribution in [3.05, 3.63) is 51.9 Å². The lowest BCUT2D eigenvalue weighted by molar-refractivity contribution is -0.124. The molecule has 0 spiro atoms. The molecule has 1 saturated carbocycles. The average Bonchev–Trinajstić information content (AvgIpc) is 3.41. The lowest BCUT2D eigenvalue weighted by Crippen LogP contribution is -2.19. The number of hydrogen-bond acceptors (Lipinski definition) is 6. The van der Waals surface area contributed by atoms with Gasteiger partial charge in [-0.2, -0.15) is 9.61 Å². The molecule has 3 aromatic rings. The van der Waals surface area contributed by atoms with Crippen molar-refractivity contribution in [3.63, 3.8) is 0 Å². The van der Waals surface area contributed by atoms with Crippen LogP contribution in [0.25, 0.3) is 11.7 Å². The minimum Gasteiger partial charge on any atom is -0.370 e. The van der Waals surface area contributed by atoms with Crippen molar-refractivity contribution in [2.45, 2.75) is 26.2 Å². The number of benzene rings is 1. The maximum absolute atomic E-state index is 13.8. The maximum atomic E-state index is 13.8. The Morgan fingerprint density at radius 2 is 2.12 bits per heavy atom. The number of carbonyl (C=O) groups excluding carboxylic acids is 2. The zero-order valence-corrected chi connectivity index (χ0v) is 18.0. The summed E-state index contributed by atoms with van der Waals surface area (Å²) in [4.78, 5) is 28.2. The number of anilines is 3. The molecule has 2 fully saturated rings. The van der Waals surface area contributed by atoms with Crippen LogP contribution in [0.2, 0.25) is 5.02 Å². The second-order valence-corrected chi connectivity index (χ2v) is 8.52. The molecule has 0 unspecified atom stereocenters. The van der Waals surface area contributed by atoms with Crippen LogP contribution in [0.3, 0.4) is 0 Å². The largest absolute Gasteiger partial charge is 0.370 e. The van der Waals surface area contributed by atoms with Gasteiger partial charge in [0.2, 0.25) is 5.91 Å². The Morgan fingerprint density at radius 3 is 2.84 bits per heavy atom. The monoisotopic (exact) mass is 454 g/mol. The summed E-state index contributed by atoms with van der Waals surface area (Å²) in [5, 5.41) is 13.5. The van der Waals surface area contributed by atoms with Gasteiger partial charge in [-0.3, -0.25) is 14.9 Å². The number of nitrogens with zero attached hydrogens (tertiary/aromatic N) is 3. The van der Waals surface area contributed by atoms with E-state index in [9.17, 15) is 14.0 Å². The van der Waals surface area contributed by atoms with Crippen LogP contribution in [0.15, 0.2) is 30.0 Å². The Balaban J connectivity index is 1.56. The molecule has 1 aromatic carbocycles. The number of fused-ring (bicyclic) bond motifs is 1. The number of aryl methyl sites for hydroxylation is 1. The van der Waals surface area contributed by atoms with Gasteiger partial charge in [0.15, 0.2) is 5.65 Å². The number of halogens is 2. The van der Waals surface area contributed by atoms with E-state index >= 15 is 0 Å². The van der Waals surface area contributed by atoms with Crippen molar-refractivity contribution in [1.82, 2.24) is 19.9 Å². The fourth-order valence-corrected chi connectivity index (χ4v) is 3.74. The van der Waals surface area contributed by atoms with E-state index < -0.39 is 5.91 Å². The van der Waals surface area contributed by atoms with E-state index in [0.717, 1.165) is 12.4 Å². The van der Waals surface area contributed by atoms with Crippen LogP contribution in [0.5, 0.6) is 0 Å². The predicted octanol–water partition coefficient (Wildman–Crippen LogP) is 3.83. The standard InChI is InChI=1S/C22H20ClFN6O2/c1-11-4-17(15(23)7-16(11)24)27-18-8-19(25-9-12-2-3-12)30-21(28-18)14(10-26-30)5-13-6-20(31)29-22(13)32/h4-5,7-8,10,12,25H,2-3,6,9H2,1H3,(H,27,28)(H,29,31,32)/b13-5+. The van der Waals surface area contributed by atoms with Gasteiger partial charge in [-0.25, -0.2) is 9.37 Å². The van der Waals surface area contributed by atoms with Gasteiger partial charge in [-0.1, -0.05) is 11.6 Å². The van der Waals surface area contributed by atoms with E-state index in [0.29, 0.717) is 39.8 Å². The third-order valence-corrected chi connectivity index (χ3v) is 5.82. The number of imide groups is 1. The van der Waals surface area contributed by atoms with Crippen LogP contribution >= 0.6 is 11.6 Å². The Kier molecular flexibility index (Phi) is 5.05. The number of carbonyl (C=O) groups is 2. The van der Waals surface area contributed by atoms with E-state index in [1.165, 1.54) is 18.9 Å². The van der Waals surface area contributed by atoms with Gasteiger partial charge in [0.05, 0.1) is 23.3 Å². The first-order valence-electron chi connectivity index (χ1n) is 10.3. The molecular formula is C22H20ClFN6O2. The molecule has 10 heteroatoms. The smallest absolute Gasteiger partial charge is 0.254 e. The van der Waals surface area contributed by atoms with Crippen LogP contribution < -0.4 is 16.0 Å². The SMILES string of the molecule is Cc1cc(Nc2cc(NCC3CC3)n3ncc(/C=C4\CC(=O)NC4=O)c3n2)c(Cl)cc1F. The highest BCUT2D eigenvalue weighted by molar-refractivity contribution is 6.33. The van der Waals surface area contributed by atoms with Gasteiger partial charge in [0.25, 0.3) is 5.91 Å². The zero-order chi connectivity index (χ0) is 22.4. The topological polar surface area (TPSA) is 100 Å². The van der Waals surface area contributed by atoms with E-state index in [4.69, 9.17) is 11.6 Å². The Labute approximate surface area is 187 Å². The molecule has 1 aliphatic heterocycles. The zero-order valence-electron chi connectivity index (χ0n) is 17.2. The lowest BCUT2D eigenvalue weighted by Gasteiger charge is -2.13. The van der Waals surface area contributed by atoms with Gasteiger partial charge in [0, 0.05) is 23.7 Å². The lowest BCUT2D eigenvalue weighted by atomic mass is 10.1. The fraction of sp³-hybridized carbons (Fsp3) is 0.273. The van der Waals surface area contributed by atoms with Crippen molar-refractivity contribution in [3.8, 4) is 0 Å². The molecule has 2 amide bonds. The molecule has 1 saturated heterocycles. The summed E-state index contributed by atoms with van der Waals surface area (Å²) in [5.74, 6) is 0.705. The number of nitrogens with one attached hydrogen (secondary N) is 3. The van der Waals surface area contributed by atoms with Crippen LogP contribution in [-0.4, -0.2) is 33.0 Å². The first-order chi connectivity index (χ1) is 15.4. The number of amides is 2. The van der Waals surface area contributed by atoms with Gasteiger partial charge < -0.3 is 10.6 Å². The normalized spacial score (nSPS) is 17.3. The molecule has 3 heterocycles. The van der Waals surface area contributed by atoms with Crippen LogP contribution in [-0.2, 0) is 9.59 Å². The predicted molar refractivity (Wildman–Crippen MR) is 119 cm³/mol. The first kappa shape index (κ1) is 20.4. The highest BCUT2D eigenvalue weighted by atomic mass is 35.5. The molecular weight excluding hydrogens is 435 g/mol. The molecule has 0 bridgehead atoms. The van der Waals surface area contributed by atoms with Gasteiger partial charge in [-0.15, -0.1) is 0 Å². The van der Waals surface area contributed by atoms with Crippen molar-refractivity contribution < 1.29 is 14.0 Å². The summed E-state index contributed by atoms with van der Waals surface area (Å²) in [6.45, 7) is 2.47. The summed E-state index contributed by atoms with van der Waals surface area (Å²) < 4.78 is 15.5. The summed E-state index contributed by atoms with van der Waals surface area (Å²) in [5.41, 5.74) is 2.44. The summed E-state index contributed by atoms with van der Waals surface area (Å²) in [6.07, 6.45) is 5.63. The average molecular weight is 455 g/mol. The van der Waals surface area contributed by atoms with Crippen LogP contribution in [0.1, 0.15) is 30.4 Å². The van der Waals surface area contributed by atoms with Crippen molar-refractivity contribution >= 4 is 52.5 Å². The van der Waals surface area contributed by atoms with E-state index in [1.807, 2.05) is 0 Å². The second kappa shape index (κ2) is 7.90. The van der Waals surface area contributed by atoms with E-state index in [-0.39, 0.29) is 23.2 Å². The fourth-order valence-electron chi connectivity index (χ4n) is 3.54. The van der Waals surface area contributed by atoms with Crippen LogP contribution in [0, 0.1) is 18.7 Å². The van der Waals surface area contributed by atoms with Crippen molar-refractivity contribution in [2.24, 2.45) is 5.92 Å². The Bertz CT molecular complexity index is 1300. The minimum absolute atomic E-state index is 0.0192. The molecule has 164 valence electrons. The Morgan fingerprint density at radius 1 is 1.31 bits per heavy atom. The number of hydrogen-bond donors (Lipinski definition) is 3. The minimum atomic E-state index is -0.413. The summed E-state index contributed by atoms with van der Waals surface area (Å²) in [7, 11) is 0. The van der Waals surface area contributed by atoms with E-state index in [2.05, 4.69) is 26.0 Å². The second-order valence-electron chi connectivity index (χ2n) is 8.12.